The number of rotatable bonds is 7. The molecule has 0 aliphatic heterocycles. The lowest BCUT2D eigenvalue weighted by molar-refractivity contribution is 0.0959. The molecule has 0 spiro atoms. The van der Waals surface area contributed by atoms with Gasteiger partial charge in [-0.3, -0.25) is 10.2 Å². The molecular weight excluding hydrogens is 434 g/mol. The third-order valence-electron chi connectivity index (χ3n) is 5.20. The van der Waals surface area contributed by atoms with E-state index >= 15 is 0 Å². The first-order valence-corrected chi connectivity index (χ1v) is 10.4. The molecule has 0 radical (unpaired) electrons. The molecule has 0 atom stereocenters. The number of H-pyrrole nitrogens is 1. The van der Waals surface area contributed by atoms with Crippen molar-refractivity contribution in [2.24, 2.45) is 4.99 Å². The number of hydrogen-bond acceptors (Lipinski definition) is 6. The summed E-state index contributed by atoms with van der Waals surface area (Å²) in [6.45, 7) is 0.160. The average molecular weight is 457 g/mol. The topological polar surface area (TPSA) is 148 Å². The normalized spacial score (nSPS) is 11.3. The second kappa shape index (κ2) is 9.82. The molecule has 34 heavy (non-hydrogen) atoms. The minimum Gasteiger partial charge on any atom is -0.507 e. The summed E-state index contributed by atoms with van der Waals surface area (Å²) in [4.78, 5) is 28.4. The van der Waals surface area contributed by atoms with Gasteiger partial charge in [0.05, 0.1) is 30.3 Å². The van der Waals surface area contributed by atoms with Crippen molar-refractivity contribution in [2.75, 3.05) is 20.7 Å². The number of pyridine rings is 1. The first-order chi connectivity index (χ1) is 16.5. The molecule has 0 aliphatic carbocycles. The second-order valence-electron chi connectivity index (χ2n) is 7.25. The highest BCUT2D eigenvalue weighted by molar-refractivity contribution is 6.00. The molecule has 0 bridgehead atoms. The third kappa shape index (κ3) is 4.56. The molecule has 1 amide bonds. The van der Waals surface area contributed by atoms with Gasteiger partial charge in [-0.05, 0) is 48.0 Å². The molecular formula is C24H23N7O3. The monoisotopic (exact) mass is 457 g/mol. The number of nitrogens with zero attached hydrogens (tertiary/aromatic N) is 3. The number of aromatic amines is 1. The summed E-state index contributed by atoms with van der Waals surface area (Å²) in [7, 11) is 3.22. The Morgan fingerprint density at radius 3 is 2.85 bits per heavy atom. The van der Waals surface area contributed by atoms with Crippen molar-refractivity contribution in [3.8, 4) is 34.1 Å². The van der Waals surface area contributed by atoms with Crippen LogP contribution in [-0.4, -0.2) is 58.8 Å². The zero-order valence-electron chi connectivity index (χ0n) is 18.6. The van der Waals surface area contributed by atoms with Crippen LogP contribution in [0.2, 0.25) is 0 Å². The number of phenols is 1. The highest BCUT2D eigenvalue weighted by Gasteiger charge is 2.15. The van der Waals surface area contributed by atoms with Crippen molar-refractivity contribution in [2.45, 2.75) is 0 Å². The number of carbonyl (C=O) groups excluding carboxylic acids is 1. The van der Waals surface area contributed by atoms with Crippen LogP contribution < -0.4 is 15.4 Å². The van der Waals surface area contributed by atoms with E-state index in [0.29, 0.717) is 34.2 Å². The van der Waals surface area contributed by atoms with Gasteiger partial charge in [-0.15, -0.1) is 0 Å². The SMILES string of the molecule is CN/C(CNC(=O)c1ccc2[nH]c(-c3cc(-c4cccnc4OC)ccc3O)nc2c1)=N\C=N. The number of phenolic OH excluding ortho intramolecular Hbond substituents is 1. The molecule has 172 valence electrons. The minimum absolute atomic E-state index is 0.0636. The first kappa shape index (κ1) is 22.5. The van der Waals surface area contributed by atoms with Crippen LogP contribution in [0.5, 0.6) is 11.6 Å². The van der Waals surface area contributed by atoms with Gasteiger partial charge in [-0.2, -0.15) is 0 Å². The molecule has 5 N–H and O–H groups in total. The summed E-state index contributed by atoms with van der Waals surface area (Å²) in [5.41, 5.74) is 3.82. The summed E-state index contributed by atoms with van der Waals surface area (Å²) in [6, 6.07) is 14.0. The summed E-state index contributed by atoms with van der Waals surface area (Å²) >= 11 is 0. The Kier molecular flexibility index (Phi) is 6.49. The number of carbonyl (C=O) groups is 1. The number of methoxy groups -OCH3 is 1. The molecule has 0 fully saturated rings. The number of aliphatic imine (C=N–C) groups is 1. The first-order valence-electron chi connectivity index (χ1n) is 10.4. The van der Waals surface area contributed by atoms with E-state index in [2.05, 4.69) is 30.6 Å². The van der Waals surface area contributed by atoms with Crippen LogP contribution >= 0.6 is 0 Å². The number of likely N-dealkylation sites (N-methyl/N-ethyl adjacent to an activating group) is 1. The van der Waals surface area contributed by atoms with Crippen LogP contribution in [-0.2, 0) is 0 Å². The van der Waals surface area contributed by atoms with Gasteiger partial charge in [0.2, 0.25) is 5.88 Å². The zero-order chi connectivity index (χ0) is 24.1. The molecule has 2 heterocycles. The lowest BCUT2D eigenvalue weighted by atomic mass is 10.0. The molecule has 0 saturated heterocycles. The Hall–Kier alpha value is -4.73. The van der Waals surface area contributed by atoms with Gasteiger partial charge in [0.25, 0.3) is 5.91 Å². The molecule has 0 saturated carbocycles. The van der Waals surface area contributed by atoms with Crippen LogP contribution in [0.25, 0.3) is 33.5 Å². The third-order valence-corrected chi connectivity index (χ3v) is 5.20. The Morgan fingerprint density at radius 2 is 2.09 bits per heavy atom. The van der Waals surface area contributed by atoms with Gasteiger partial charge < -0.3 is 25.5 Å². The van der Waals surface area contributed by atoms with E-state index in [1.807, 2.05) is 18.2 Å². The Bertz CT molecular complexity index is 1390. The number of aromatic nitrogens is 3. The smallest absolute Gasteiger partial charge is 0.251 e. The number of nitrogens with one attached hydrogen (secondary N) is 4. The highest BCUT2D eigenvalue weighted by Crippen LogP contribution is 2.35. The summed E-state index contributed by atoms with van der Waals surface area (Å²) in [5, 5.41) is 23.1. The molecule has 10 heteroatoms. The molecule has 0 unspecified atom stereocenters. The number of imidazole rings is 1. The summed E-state index contributed by atoms with van der Waals surface area (Å²) < 4.78 is 5.36. The van der Waals surface area contributed by atoms with E-state index in [0.717, 1.165) is 23.0 Å². The molecule has 4 rings (SSSR count). The number of amides is 1. The van der Waals surface area contributed by atoms with Gasteiger partial charge >= 0.3 is 0 Å². The van der Waals surface area contributed by atoms with Crippen molar-refractivity contribution in [1.29, 1.82) is 5.41 Å². The van der Waals surface area contributed by atoms with E-state index in [1.165, 1.54) is 0 Å². The Morgan fingerprint density at radius 1 is 1.24 bits per heavy atom. The van der Waals surface area contributed by atoms with E-state index < -0.39 is 0 Å². The largest absolute Gasteiger partial charge is 0.507 e. The number of aromatic hydroxyl groups is 1. The van der Waals surface area contributed by atoms with Crippen LogP contribution in [0.15, 0.2) is 59.7 Å². The quantitative estimate of drug-likeness (QED) is 0.213. The predicted octanol–water partition coefficient (Wildman–Crippen LogP) is 2.96. The molecule has 10 nitrogen and oxygen atoms in total. The zero-order valence-corrected chi connectivity index (χ0v) is 18.6. The number of ether oxygens (including phenoxy) is 1. The fourth-order valence-corrected chi connectivity index (χ4v) is 3.48. The van der Waals surface area contributed by atoms with Gasteiger partial charge in [0.15, 0.2) is 0 Å². The van der Waals surface area contributed by atoms with E-state index in [1.54, 1.807) is 50.7 Å². The summed E-state index contributed by atoms with van der Waals surface area (Å²) in [6.07, 6.45) is 2.56. The number of benzene rings is 2. The van der Waals surface area contributed by atoms with Gasteiger partial charge in [-0.25, -0.2) is 15.0 Å². The second-order valence-corrected chi connectivity index (χ2v) is 7.25. The fourth-order valence-electron chi connectivity index (χ4n) is 3.48. The number of hydrogen-bond donors (Lipinski definition) is 5. The standard InChI is InChI=1S/C24H23N7O3/c1-26-21(29-13-25)12-28-23(33)15-5-7-18-19(11-15)31-22(30-18)17-10-14(6-8-20(17)32)16-4-3-9-27-24(16)34-2/h3-11,13,32H,12H2,1-2H3,(H,28,33)(H,30,31)(H2,25,26,29). The van der Waals surface area contributed by atoms with Crippen LogP contribution in [0.3, 0.4) is 0 Å². The lowest BCUT2D eigenvalue weighted by Gasteiger charge is -2.09. The summed E-state index contributed by atoms with van der Waals surface area (Å²) in [5.74, 6) is 1.17. The van der Waals surface area contributed by atoms with E-state index in [9.17, 15) is 9.90 Å². The van der Waals surface area contributed by atoms with Crippen LogP contribution in [0.1, 0.15) is 10.4 Å². The van der Waals surface area contributed by atoms with Gasteiger partial charge in [0.1, 0.15) is 23.7 Å². The highest BCUT2D eigenvalue weighted by atomic mass is 16.5. The van der Waals surface area contributed by atoms with Crippen molar-refractivity contribution < 1.29 is 14.6 Å². The number of amidine groups is 1. The lowest BCUT2D eigenvalue weighted by Crippen LogP contribution is -2.35. The molecule has 2 aromatic carbocycles. The van der Waals surface area contributed by atoms with Crippen LogP contribution in [0.4, 0.5) is 0 Å². The van der Waals surface area contributed by atoms with Crippen molar-refractivity contribution in [3.05, 3.63) is 60.3 Å². The Labute approximate surface area is 195 Å². The molecule has 0 aliphatic rings. The van der Waals surface area contributed by atoms with E-state index in [-0.39, 0.29) is 18.2 Å². The van der Waals surface area contributed by atoms with Crippen LogP contribution in [0, 0.1) is 5.41 Å². The van der Waals surface area contributed by atoms with Gasteiger partial charge in [0, 0.05) is 24.4 Å². The fraction of sp³-hybridized carbons (Fsp3) is 0.125. The minimum atomic E-state index is -0.298. The number of fused-ring (bicyclic) bond motifs is 1. The molecule has 2 aromatic heterocycles. The van der Waals surface area contributed by atoms with Crippen molar-refractivity contribution in [3.63, 3.8) is 0 Å². The maximum absolute atomic E-state index is 12.6. The van der Waals surface area contributed by atoms with Crippen molar-refractivity contribution >= 4 is 29.1 Å². The maximum atomic E-state index is 12.6. The van der Waals surface area contributed by atoms with Crippen molar-refractivity contribution in [1.82, 2.24) is 25.6 Å². The average Bonchev–Trinajstić information content (AvgIpc) is 3.29. The maximum Gasteiger partial charge on any atom is 0.251 e. The Balaban J connectivity index is 1.64. The van der Waals surface area contributed by atoms with Gasteiger partial charge in [-0.1, -0.05) is 6.07 Å². The van der Waals surface area contributed by atoms with E-state index in [4.69, 9.17) is 10.1 Å². The molecule has 4 aromatic rings. The predicted molar refractivity (Wildman–Crippen MR) is 131 cm³/mol.